The van der Waals surface area contributed by atoms with Crippen molar-refractivity contribution in [2.45, 2.75) is 32.1 Å². The van der Waals surface area contributed by atoms with Gasteiger partial charge in [0.15, 0.2) is 5.78 Å². The van der Waals surface area contributed by atoms with Crippen LogP contribution in [0.1, 0.15) is 42.5 Å². The number of hydrogen-bond acceptors (Lipinski definition) is 1. The molecule has 0 saturated carbocycles. The lowest BCUT2D eigenvalue weighted by atomic mass is 10.0. The molecule has 0 spiro atoms. The third-order valence-electron chi connectivity index (χ3n) is 2.55. The number of rotatable bonds is 7. The molecule has 0 heterocycles. The van der Waals surface area contributed by atoms with Crippen LogP contribution in [-0.2, 0) is 0 Å². The van der Waals surface area contributed by atoms with E-state index in [0.717, 1.165) is 31.4 Å². The quantitative estimate of drug-likeness (QED) is 0.393. The predicted molar refractivity (Wildman–Crippen MR) is 64.0 cm³/mol. The largest absolute Gasteiger partial charge is 0.294 e. The van der Waals surface area contributed by atoms with Crippen LogP contribution in [0.4, 0.5) is 8.78 Å². The Morgan fingerprint density at radius 2 is 1.82 bits per heavy atom. The Balaban J connectivity index is 2.50. The van der Waals surface area contributed by atoms with Crippen LogP contribution in [0.3, 0.4) is 0 Å². The zero-order chi connectivity index (χ0) is 12.7. The smallest absolute Gasteiger partial charge is 0.168 e. The molecular formula is C14H16F2O. The Labute approximate surface area is 100 Å². The van der Waals surface area contributed by atoms with Gasteiger partial charge in [0.05, 0.1) is 5.56 Å². The second kappa shape index (κ2) is 6.94. The highest BCUT2D eigenvalue weighted by molar-refractivity contribution is 5.96. The Bertz CT molecular complexity index is 379. The molecule has 17 heavy (non-hydrogen) atoms. The molecule has 0 fully saturated rings. The SMILES string of the molecule is C=CCCCCCC(=O)c1c(F)cccc1F. The van der Waals surface area contributed by atoms with Crippen molar-refractivity contribution in [3.8, 4) is 0 Å². The van der Waals surface area contributed by atoms with Gasteiger partial charge in [0.25, 0.3) is 0 Å². The van der Waals surface area contributed by atoms with Crippen LogP contribution in [-0.4, -0.2) is 5.78 Å². The van der Waals surface area contributed by atoms with Gasteiger partial charge in [-0.2, -0.15) is 0 Å². The average molecular weight is 238 g/mol. The number of hydrogen-bond donors (Lipinski definition) is 0. The molecule has 0 N–H and O–H groups in total. The van der Waals surface area contributed by atoms with E-state index in [4.69, 9.17) is 0 Å². The molecule has 3 heteroatoms. The van der Waals surface area contributed by atoms with Crippen molar-refractivity contribution in [1.29, 1.82) is 0 Å². The number of carbonyl (C=O) groups excluding carboxylic acids is 1. The van der Waals surface area contributed by atoms with Gasteiger partial charge in [0.2, 0.25) is 0 Å². The highest BCUT2D eigenvalue weighted by atomic mass is 19.1. The molecule has 1 rings (SSSR count). The van der Waals surface area contributed by atoms with Crippen LogP contribution in [0, 0.1) is 11.6 Å². The molecule has 0 aromatic heterocycles. The topological polar surface area (TPSA) is 17.1 Å². The Hall–Kier alpha value is -1.51. The van der Waals surface area contributed by atoms with Crippen molar-refractivity contribution in [3.05, 3.63) is 48.1 Å². The molecule has 0 saturated heterocycles. The van der Waals surface area contributed by atoms with E-state index in [0.29, 0.717) is 6.42 Å². The maximum absolute atomic E-state index is 13.3. The number of Topliss-reactive ketones (excluding diaryl/α,β-unsaturated/α-hetero) is 1. The molecule has 0 bridgehead atoms. The van der Waals surface area contributed by atoms with Crippen LogP contribution in [0.25, 0.3) is 0 Å². The van der Waals surface area contributed by atoms with E-state index in [9.17, 15) is 13.6 Å². The number of halogens is 2. The normalized spacial score (nSPS) is 10.2. The first-order chi connectivity index (χ1) is 8.16. The summed E-state index contributed by atoms with van der Waals surface area (Å²) < 4.78 is 26.5. The van der Waals surface area contributed by atoms with Crippen molar-refractivity contribution in [2.75, 3.05) is 0 Å². The molecule has 0 radical (unpaired) electrons. The summed E-state index contributed by atoms with van der Waals surface area (Å²) in [7, 11) is 0. The first-order valence-corrected chi connectivity index (χ1v) is 5.75. The first kappa shape index (κ1) is 13.6. The fraction of sp³-hybridized carbons (Fsp3) is 0.357. The van der Waals surface area contributed by atoms with E-state index in [-0.39, 0.29) is 6.42 Å². The third kappa shape index (κ3) is 4.10. The maximum Gasteiger partial charge on any atom is 0.168 e. The molecule has 0 aliphatic heterocycles. The minimum Gasteiger partial charge on any atom is -0.294 e. The van der Waals surface area contributed by atoms with Gasteiger partial charge in [-0.25, -0.2) is 8.78 Å². The zero-order valence-corrected chi connectivity index (χ0v) is 9.72. The molecule has 0 aliphatic rings. The number of unbranched alkanes of at least 4 members (excludes halogenated alkanes) is 3. The third-order valence-corrected chi connectivity index (χ3v) is 2.55. The van der Waals surface area contributed by atoms with Crippen molar-refractivity contribution >= 4 is 5.78 Å². The highest BCUT2D eigenvalue weighted by Crippen LogP contribution is 2.16. The lowest BCUT2D eigenvalue weighted by Gasteiger charge is -2.03. The van der Waals surface area contributed by atoms with Crippen molar-refractivity contribution in [3.63, 3.8) is 0 Å². The van der Waals surface area contributed by atoms with Gasteiger partial charge >= 0.3 is 0 Å². The van der Waals surface area contributed by atoms with E-state index in [1.54, 1.807) is 0 Å². The van der Waals surface area contributed by atoms with Crippen LogP contribution >= 0.6 is 0 Å². The molecule has 0 unspecified atom stereocenters. The number of allylic oxidation sites excluding steroid dienone is 1. The van der Waals surface area contributed by atoms with E-state index < -0.39 is 23.0 Å². The lowest BCUT2D eigenvalue weighted by Crippen LogP contribution is -2.05. The van der Waals surface area contributed by atoms with Crippen molar-refractivity contribution < 1.29 is 13.6 Å². The van der Waals surface area contributed by atoms with E-state index in [1.807, 2.05) is 6.08 Å². The number of carbonyl (C=O) groups is 1. The van der Waals surface area contributed by atoms with Crippen molar-refractivity contribution in [2.24, 2.45) is 0 Å². The lowest BCUT2D eigenvalue weighted by molar-refractivity contribution is 0.0971. The summed E-state index contributed by atoms with van der Waals surface area (Å²) >= 11 is 0. The predicted octanol–water partition coefficient (Wildman–Crippen LogP) is 4.28. The molecule has 92 valence electrons. The Morgan fingerprint density at radius 1 is 1.18 bits per heavy atom. The molecule has 1 nitrogen and oxygen atoms in total. The molecule has 1 aromatic carbocycles. The first-order valence-electron chi connectivity index (χ1n) is 5.75. The van der Waals surface area contributed by atoms with E-state index in [1.165, 1.54) is 6.07 Å². The summed E-state index contributed by atoms with van der Waals surface area (Å²) in [6.07, 6.45) is 5.39. The van der Waals surface area contributed by atoms with Crippen LogP contribution in [0.5, 0.6) is 0 Å². The molecular weight excluding hydrogens is 222 g/mol. The van der Waals surface area contributed by atoms with Gasteiger partial charge in [-0.05, 0) is 31.4 Å². The summed E-state index contributed by atoms with van der Waals surface area (Å²) in [5.74, 6) is -2.01. The number of benzene rings is 1. The summed E-state index contributed by atoms with van der Waals surface area (Å²) in [4.78, 5) is 11.6. The van der Waals surface area contributed by atoms with Gasteiger partial charge in [0.1, 0.15) is 11.6 Å². The summed E-state index contributed by atoms with van der Waals surface area (Å²) in [6, 6.07) is 3.47. The Kier molecular flexibility index (Phi) is 5.53. The second-order valence-corrected chi connectivity index (χ2v) is 3.91. The van der Waals surface area contributed by atoms with Gasteiger partial charge in [-0.1, -0.05) is 18.6 Å². The monoisotopic (exact) mass is 238 g/mol. The number of ketones is 1. The zero-order valence-electron chi connectivity index (χ0n) is 9.72. The molecule has 0 atom stereocenters. The van der Waals surface area contributed by atoms with Crippen LogP contribution < -0.4 is 0 Å². The average Bonchev–Trinajstić information content (AvgIpc) is 2.28. The second-order valence-electron chi connectivity index (χ2n) is 3.91. The minimum absolute atomic E-state index is 0.189. The van der Waals surface area contributed by atoms with Crippen LogP contribution in [0.15, 0.2) is 30.9 Å². The fourth-order valence-corrected chi connectivity index (χ4v) is 1.64. The van der Waals surface area contributed by atoms with Gasteiger partial charge in [-0.15, -0.1) is 6.58 Å². The maximum atomic E-state index is 13.3. The van der Waals surface area contributed by atoms with Gasteiger partial charge in [-0.3, -0.25) is 4.79 Å². The molecule has 0 aliphatic carbocycles. The standard InChI is InChI=1S/C14H16F2O/c1-2-3-4-5-6-10-13(17)14-11(15)8-7-9-12(14)16/h2,7-9H,1,3-6,10H2. The summed E-state index contributed by atoms with van der Waals surface area (Å²) in [6.45, 7) is 3.60. The van der Waals surface area contributed by atoms with Crippen LogP contribution in [0.2, 0.25) is 0 Å². The summed E-state index contributed by atoms with van der Waals surface area (Å²) in [5, 5.41) is 0. The fourth-order valence-electron chi connectivity index (χ4n) is 1.64. The van der Waals surface area contributed by atoms with E-state index >= 15 is 0 Å². The minimum atomic E-state index is -0.777. The van der Waals surface area contributed by atoms with Crippen molar-refractivity contribution in [1.82, 2.24) is 0 Å². The molecule has 0 amide bonds. The highest BCUT2D eigenvalue weighted by Gasteiger charge is 2.15. The van der Waals surface area contributed by atoms with Gasteiger partial charge in [0, 0.05) is 6.42 Å². The molecule has 1 aromatic rings. The van der Waals surface area contributed by atoms with E-state index in [2.05, 4.69) is 6.58 Å². The van der Waals surface area contributed by atoms with Gasteiger partial charge < -0.3 is 0 Å². The Morgan fingerprint density at radius 3 is 2.41 bits per heavy atom. The summed E-state index contributed by atoms with van der Waals surface area (Å²) in [5.41, 5.74) is -0.406.